The number of hydrogen-bond donors (Lipinski definition) is 3. The Kier molecular flexibility index (Phi) is 7.55. The molecule has 9 nitrogen and oxygen atoms in total. The third-order valence-corrected chi connectivity index (χ3v) is 7.10. The van der Waals surface area contributed by atoms with Gasteiger partial charge in [-0.1, -0.05) is 0 Å². The van der Waals surface area contributed by atoms with E-state index in [1.807, 2.05) is 0 Å². The van der Waals surface area contributed by atoms with Crippen molar-refractivity contribution in [2.24, 2.45) is 5.92 Å². The minimum atomic E-state index is -1.30. The highest BCUT2D eigenvalue weighted by Gasteiger charge is 2.33. The van der Waals surface area contributed by atoms with Crippen LogP contribution in [-0.4, -0.2) is 65.3 Å². The SMILES string of the molecule is COCC(=O)NC1CCC(NC(=O)c2c(C)[nH]c3c(-c4cc(F)ccc4OCC4CC4)ncnc23)CC1F. The van der Waals surface area contributed by atoms with Gasteiger partial charge in [-0.25, -0.2) is 18.7 Å². The number of nitrogens with one attached hydrogen (secondary N) is 3. The van der Waals surface area contributed by atoms with Crippen LogP contribution in [0.15, 0.2) is 24.5 Å². The number of benzene rings is 1. The number of fused-ring (bicyclic) bond motifs is 1. The van der Waals surface area contributed by atoms with Crippen LogP contribution in [0, 0.1) is 18.7 Å². The highest BCUT2D eigenvalue weighted by atomic mass is 19.1. The molecule has 3 N–H and O–H groups in total. The molecule has 2 amide bonds. The van der Waals surface area contributed by atoms with Gasteiger partial charge < -0.3 is 25.1 Å². The molecule has 3 aromatic rings. The predicted octanol–water partition coefficient (Wildman–Crippen LogP) is 3.61. The molecule has 3 unspecified atom stereocenters. The summed E-state index contributed by atoms with van der Waals surface area (Å²) >= 11 is 0. The molecule has 2 aromatic heterocycles. The molecular weight excluding hydrogens is 496 g/mol. The summed E-state index contributed by atoms with van der Waals surface area (Å²) in [5, 5.41) is 5.56. The molecule has 1 aromatic carbocycles. The fraction of sp³-hybridized carbons (Fsp3) is 0.481. The van der Waals surface area contributed by atoms with Gasteiger partial charge in [0.2, 0.25) is 5.91 Å². The number of halogens is 2. The van der Waals surface area contributed by atoms with Gasteiger partial charge in [-0.05, 0) is 56.7 Å². The number of carbonyl (C=O) groups is 2. The lowest BCUT2D eigenvalue weighted by Gasteiger charge is -2.32. The van der Waals surface area contributed by atoms with Crippen molar-refractivity contribution in [3.8, 4) is 17.0 Å². The van der Waals surface area contributed by atoms with E-state index in [1.165, 1.54) is 25.6 Å². The lowest BCUT2D eigenvalue weighted by atomic mass is 9.89. The van der Waals surface area contributed by atoms with Gasteiger partial charge in [-0.2, -0.15) is 0 Å². The number of aryl methyl sites for hydroxylation is 1. The van der Waals surface area contributed by atoms with E-state index in [2.05, 4.69) is 25.6 Å². The van der Waals surface area contributed by atoms with E-state index >= 15 is 0 Å². The predicted molar refractivity (Wildman–Crippen MR) is 136 cm³/mol. The monoisotopic (exact) mass is 527 g/mol. The number of aromatic amines is 1. The van der Waals surface area contributed by atoms with Crippen molar-refractivity contribution in [3.05, 3.63) is 41.6 Å². The Morgan fingerprint density at radius 3 is 2.71 bits per heavy atom. The zero-order valence-corrected chi connectivity index (χ0v) is 21.4. The molecule has 0 bridgehead atoms. The molecule has 0 radical (unpaired) electrons. The molecule has 3 atom stereocenters. The summed E-state index contributed by atoms with van der Waals surface area (Å²) in [4.78, 5) is 37.0. The summed E-state index contributed by atoms with van der Waals surface area (Å²) in [6, 6.07) is 3.29. The molecule has 2 saturated carbocycles. The average molecular weight is 528 g/mol. The number of aromatic nitrogens is 3. The maximum absolute atomic E-state index is 14.8. The number of carbonyl (C=O) groups excluding carboxylic acids is 2. The minimum absolute atomic E-state index is 0.0797. The van der Waals surface area contributed by atoms with Crippen LogP contribution in [-0.2, 0) is 9.53 Å². The highest BCUT2D eigenvalue weighted by Crippen LogP contribution is 2.37. The highest BCUT2D eigenvalue weighted by molar-refractivity contribution is 6.09. The summed E-state index contributed by atoms with van der Waals surface area (Å²) in [5.74, 6) is -0.155. The van der Waals surface area contributed by atoms with Crippen LogP contribution in [0.2, 0.25) is 0 Å². The summed E-state index contributed by atoms with van der Waals surface area (Å²) in [7, 11) is 1.40. The number of methoxy groups -OCH3 is 1. The van der Waals surface area contributed by atoms with Gasteiger partial charge in [0.25, 0.3) is 5.91 Å². The van der Waals surface area contributed by atoms with Crippen molar-refractivity contribution in [2.45, 2.75) is 57.3 Å². The molecule has 2 heterocycles. The Labute approximate surface area is 218 Å². The van der Waals surface area contributed by atoms with Gasteiger partial charge in [0, 0.05) is 30.8 Å². The first-order chi connectivity index (χ1) is 18.3. The second-order valence-electron chi connectivity index (χ2n) is 10.1. The van der Waals surface area contributed by atoms with Crippen LogP contribution in [0.5, 0.6) is 5.75 Å². The van der Waals surface area contributed by atoms with Crippen molar-refractivity contribution in [3.63, 3.8) is 0 Å². The van der Waals surface area contributed by atoms with Crippen LogP contribution in [0.4, 0.5) is 8.78 Å². The maximum Gasteiger partial charge on any atom is 0.255 e. The molecule has 2 aliphatic rings. The van der Waals surface area contributed by atoms with Gasteiger partial charge in [-0.3, -0.25) is 9.59 Å². The minimum Gasteiger partial charge on any atom is -0.493 e. The quantitative estimate of drug-likeness (QED) is 0.391. The second kappa shape index (κ2) is 11.0. The molecule has 5 rings (SSSR count). The van der Waals surface area contributed by atoms with Crippen molar-refractivity contribution in [1.82, 2.24) is 25.6 Å². The zero-order valence-electron chi connectivity index (χ0n) is 21.4. The zero-order chi connectivity index (χ0) is 26.8. The first kappa shape index (κ1) is 26.0. The Bertz CT molecular complexity index is 1340. The van der Waals surface area contributed by atoms with E-state index in [-0.39, 0.29) is 24.8 Å². The number of nitrogens with zero attached hydrogens (tertiary/aromatic N) is 2. The Morgan fingerprint density at radius 2 is 1.97 bits per heavy atom. The van der Waals surface area contributed by atoms with Crippen molar-refractivity contribution >= 4 is 22.8 Å². The summed E-state index contributed by atoms with van der Waals surface area (Å²) in [6.07, 6.45) is 3.26. The molecule has 0 spiro atoms. The molecule has 38 heavy (non-hydrogen) atoms. The Balaban J connectivity index is 1.35. The number of hydrogen-bond acceptors (Lipinski definition) is 6. The van der Waals surface area contributed by atoms with E-state index in [0.717, 1.165) is 12.8 Å². The van der Waals surface area contributed by atoms with Crippen LogP contribution < -0.4 is 15.4 Å². The Morgan fingerprint density at radius 1 is 1.16 bits per heavy atom. The molecule has 2 aliphatic carbocycles. The topological polar surface area (TPSA) is 118 Å². The van der Waals surface area contributed by atoms with Crippen LogP contribution in [0.3, 0.4) is 0 Å². The molecule has 0 saturated heterocycles. The molecular formula is C27H31F2N5O4. The molecule has 11 heteroatoms. The van der Waals surface area contributed by atoms with Crippen LogP contribution in [0.25, 0.3) is 22.3 Å². The van der Waals surface area contributed by atoms with Crippen molar-refractivity contribution in [2.75, 3.05) is 20.3 Å². The lowest BCUT2D eigenvalue weighted by Crippen LogP contribution is -2.50. The normalized spacial score (nSPS) is 21.3. The average Bonchev–Trinajstić information content (AvgIpc) is 3.64. The smallest absolute Gasteiger partial charge is 0.255 e. The molecule has 2 fully saturated rings. The van der Waals surface area contributed by atoms with Crippen LogP contribution >= 0.6 is 0 Å². The number of H-pyrrole nitrogens is 1. The first-order valence-electron chi connectivity index (χ1n) is 12.8. The van der Waals surface area contributed by atoms with Gasteiger partial charge in [0.15, 0.2) is 0 Å². The lowest BCUT2D eigenvalue weighted by molar-refractivity contribution is -0.126. The molecule has 0 aliphatic heterocycles. The third-order valence-electron chi connectivity index (χ3n) is 7.10. The van der Waals surface area contributed by atoms with Crippen molar-refractivity contribution in [1.29, 1.82) is 0 Å². The third kappa shape index (κ3) is 5.62. The first-order valence-corrected chi connectivity index (χ1v) is 12.8. The fourth-order valence-electron chi connectivity index (χ4n) is 4.95. The maximum atomic E-state index is 14.8. The largest absolute Gasteiger partial charge is 0.493 e. The van der Waals surface area contributed by atoms with Crippen molar-refractivity contribution < 1.29 is 27.8 Å². The van der Waals surface area contributed by atoms with Gasteiger partial charge in [0.1, 0.15) is 41.9 Å². The van der Waals surface area contributed by atoms with E-state index in [1.54, 1.807) is 13.0 Å². The van der Waals surface area contributed by atoms with Gasteiger partial charge in [-0.15, -0.1) is 0 Å². The second-order valence-corrected chi connectivity index (χ2v) is 10.1. The standard InChI is InChI=1S/C27H31F2N5O4/c1-14-23(27(36)33-17-6-7-20(19(29)10-17)34-22(35)12-37-2)25-26(32-14)24(30-13-31-25)18-9-16(28)5-8-21(18)38-11-15-3-4-15/h5,8-9,13,15,17,19-20,32H,3-4,6-7,10-12H2,1-2H3,(H,33,36)(H,34,35). The van der Waals surface area contributed by atoms with E-state index in [0.29, 0.717) is 64.7 Å². The van der Waals surface area contributed by atoms with Gasteiger partial charge in [0.05, 0.1) is 23.7 Å². The molecule has 202 valence electrons. The fourth-order valence-corrected chi connectivity index (χ4v) is 4.95. The van der Waals surface area contributed by atoms with Crippen LogP contribution in [0.1, 0.15) is 48.2 Å². The summed E-state index contributed by atoms with van der Waals surface area (Å²) in [5.41, 5.74) is 2.67. The van der Waals surface area contributed by atoms with E-state index in [9.17, 15) is 18.4 Å². The number of ether oxygens (including phenoxy) is 2. The summed E-state index contributed by atoms with van der Waals surface area (Å²) < 4.78 is 39.8. The summed E-state index contributed by atoms with van der Waals surface area (Å²) in [6.45, 7) is 2.17. The Hall–Kier alpha value is -3.60. The van der Waals surface area contributed by atoms with E-state index in [4.69, 9.17) is 9.47 Å². The number of rotatable bonds is 9. The van der Waals surface area contributed by atoms with E-state index < -0.39 is 24.1 Å². The van der Waals surface area contributed by atoms with Gasteiger partial charge >= 0.3 is 0 Å². The number of amides is 2. The number of alkyl halides is 1.